The number of rotatable bonds is 4. The van der Waals surface area contributed by atoms with Crippen LogP contribution in [0.2, 0.25) is 0 Å². The molecule has 0 amide bonds. The Morgan fingerprint density at radius 2 is 1.74 bits per heavy atom. The smallest absolute Gasteiger partial charge is 0.0900 e. The molecule has 0 saturated heterocycles. The second-order valence-electron chi connectivity index (χ2n) is 4.84. The SMILES string of the molecule is Cc1nc(C(C)NC(C)c2ccc(Br)cc2)c(C)s1. The zero-order valence-corrected chi connectivity index (χ0v) is 14.1. The third-order valence-corrected chi connectivity index (χ3v) is 4.65. The number of hydrogen-bond donors (Lipinski definition) is 1. The summed E-state index contributed by atoms with van der Waals surface area (Å²) in [6, 6.07) is 9.03. The third kappa shape index (κ3) is 3.65. The van der Waals surface area contributed by atoms with Crippen molar-refractivity contribution in [2.45, 2.75) is 39.8 Å². The van der Waals surface area contributed by atoms with Gasteiger partial charge in [0.25, 0.3) is 0 Å². The lowest BCUT2D eigenvalue weighted by atomic mass is 10.1. The summed E-state index contributed by atoms with van der Waals surface area (Å²) in [5.41, 5.74) is 2.46. The molecular weight excluding hydrogens is 320 g/mol. The van der Waals surface area contributed by atoms with E-state index in [4.69, 9.17) is 0 Å². The Kier molecular flexibility index (Phi) is 4.76. The number of thiazole rings is 1. The predicted octanol–water partition coefficient (Wildman–Crippen LogP) is 4.93. The summed E-state index contributed by atoms with van der Waals surface area (Å²) in [5.74, 6) is 0. The van der Waals surface area contributed by atoms with E-state index in [1.54, 1.807) is 11.3 Å². The van der Waals surface area contributed by atoms with E-state index in [2.05, 4.69) is 78.2 Å². The number of aryl methyl sites for hydroxylation is 2. The summed E-state index contributed by atoms with van der Waals surface area (Å²) in [6.07, 6.45) is 0. The molecule has 0 saturated carbocycles. The quantitative estimate of drug-likeness (QED) is 0.854. The molecular formula is C15H19BrN2S. The minimum atomic E-state index is 0.267. The van der Waals surface area contributed by atoms with E-state index in [0.29, 0.717) is 6.04 Å². The molecule has 1 N–H and O–H groups in total. The van der Waals surface area contributed by atoms with Gasteiger partial charge in [-0.2, -0.15) is 0 Å². The second-order valence-corrected chi connectivity index (χ2v) is 7.16. The molecule has 2 nitrogen and oxygen atoms in total. The highest BCUT2D eigenvalue weighted by molar-refractivity contribution is 9.10. The van der Waals surface area contributed by atoms with Gasteiger partial charge >= 0.3 is 0 Å². The molecule has 0 aliphatic carbocycles. The van der Waals surface area contributed by atoms with Crippen molar-refractivity contribution in [2.24, 2.45) is 0 Å². The summed E-state index contributed by atoms with van der Waals surface area (Å²) < 4.78 is 1.11. The van der Waals surface area contributed by atoms with Crippen molar-refractivity contribution >= 4 is 27.3 Å². The first kappa shape index (κ1) is 14.7. The zero-order valence-electron chi connectivity index (χ0n) is 11.7. The van der Waals surface area contributed by atoms with Crippen molar-refractivity contribution in [3.8, 4) is 0 Å². The molecule has 1 aromatic heterocycles. The second kappa shape index (κ2) is 6.16. The van der Waals surface area contributed by atoms with Gasteiger partial charge in [-0.25, -0.2) is 4.98 Å². The molecule has 0 bridgehead atoms. The number of hydrogen-bond acceptors (Lipinski definition) is 3. The Bertz CT molecular complexity index is 548. The Labute approximate surface area is 127 Å². The summed E-state index contributed by atoms with van der Waals surface area (Å²) in [4.78, 5) is 5.93. The van der Waals surface area contributed by atoms with Crippen LogP contribution >= 0.6 is 27.3 Å². The van der Waals surface area contributed by atoms with E-state index >= 15 is 0 Å². The van der Waals surface area contributed by atoms with E-state index < -0.39 is 0 Å². The Balaban J connectivity index is 2.08. The van der Waals surface area contributed by atoms with E-state index in [9.17, 15) is 0 Å². The van der Waals surface area contributed by atoms with Gasteiger partial charge in [0.2, 0.25) is 0 Å². The molecule has 0 aliphatic heterocycles. The maximum atomic E-state index is 4.62. The summed E-state index contributed by atoms with van der Waals surface area (Å²) >= 11 is 5.23. The largest absolute Gasteiger partial charge is 0.302 e. The van der Waals surface area contributed by atoms with E-state index in [1.165, 1.54) is 16.1 Å². The fraction of sp³-hybridized carbons (Fsp3) is 0.400. The van der Waals surface area contributed by atoms with Gasteiger partial charge in [0.1, 0.15) is 0 Å². The molecule has 2 unspecified atom stereocenters. The molecule has 0 fully saturated rings. The van der Waals surface area contributed by atoms with Crippen LogP contribution in [0.25, 0.3) is 0 Å². The number of halogens is 1. The molecule has 1 aromatic carbocycles. The lowest BCUT2D eigenvalue weighted by molar-refractivity contribution is 0.486. The van der Waals surface area contributed by atoms with Gasteiger partial charge in [0, 0.05) is 21.4 Å². The standard InChI is InChI=1S/C15H19BrN2S/c1-9(13-5-7-14(16)8-6-13)17-10(2)15-11(3)19-12(4)18-15/h5-10,17H,1-4H3. The van der Waals surface area contributed by atoms with Gasteiger partial charge in [0.15, 0.2) is 0 Å². The molecule has 2 aromatic rings. The Morgan fingerprint density at radius 3 is 2.26 bits per heavy atom. The summed E-state index contributed by atoms with van der Waals surface area (Å²) in [6.45, 7) is 8.57. The van der Waals surface area contributed by atoms with Crippen LogP contribution in [-0.4, -0.2) is 4.98 Å². The molecule has 19 heavy (non-hydrogen) atoms. The van der Waals surface area contributed by atoms with Crippen LogP contribution < -0.4 is 5.32 Å². The average molecular weight is 339 g/mol. The Morgan fingerprint density at radius 1 is 1.11 bits per heavy atom. The highest BCUT2D eigenvalue weighted by Crippen LogP contribution is 2.25. The number of aromatic nitrogens is 1. The van der Waals surface area contributed by atoms with Crippen molar-refractivity contribution in [1.82, 2.24) is 10.3 Å². The van der Waals surface area contributed by atoms with Crippen molar-refractivity contribution in [2.75, 3.05) is 0 Å². The van der Waals surface area contributed by atoms with E-state index in [1.807, 2.05) is 0 Å². The van der Waals surface area contributed by atoms with Crippen molar-refractivity contribution in [1.29, 1.82) is 0 Å². The van der Waals surface area contributed by atoms with Crippen LogP contribution in [0.4, 0.5) is 0 Å². The zero-order chi connectivity index (χ0) is 14.0. The number of nitrogens with zero attached hydrogens (tertiary/aromatic N) is 1. The van der Waals surface area contributed by atoms with Gasteiger partial charge in [-0.15, -0.1) is 11.3 Å². The highest BCUT2D eigenvalue weighted by Gasteiger charge is 2.16. The molecule has 0 spiro atoms. The highest BCUT2D eigenvalue weighted by atomic mass is 79.9. The van der Waals surface area contributed by atoms with Crippen molar-refractivity contribution in [3.63, 3.8) is 0 Å². The molecule has 102 valence electrons. The van der Waals surface area contributed by atoms with Gasteiger partial charge in [-0.3, -0.25) is 0 Å². The maximum Gasteiger partial charge on any atom is 0.0900 e. The molecule has 4 heteroatoms. The fourth-order valence-corrected chi connectivity index (χ4v) is 3.43. The van der Waals surface area contributed by atoms with Gasteiger partial charge in [0.05, 0.1) is 10.7 Å². The van der Waals surface area contributed by atoms with Crippen molar-refractivity contribution in [3.05, 3.63) is 49.9 Å². The first-order valence-electron chi connectivity index (χ1n) is 6.43. The van der Waals surface area contributed by atoms with Crippen LogP contribution in [0.5, 0.6) is 0 Å². The lowest BCUT2D eigenvalue weighted by Gasteiger charge is -2.20. The number of nitrogens with one attached hydrogen (secondary N) is 1. The maximum absolute atomic E-state index is 4.62. The normalized spacial score (nSPS) is 14.4. The summed E-state index contributed by atoms with van der Waals surface area (Å²) in [5, 5.41) is 4.75. The summed E-state index contributed by atoms with van der Waals surface area (Å²) in [7, 11) is 0. The molecule has 0 radical (unpaired) electrons. The fourth-order valence-electron chi connectivity index (χ4n) is 2.25. The molecule has 0 aliphatic rings. The minimum absolute atomic E-state index is 0.267. The first-order chi connectivity index (χ1) is 8.97. The molecule has 1 heterocycles. The van der Waals surface area contributed by atoms with Crippen LogP contribution in [0.3, 0.4) is 0 Å². The molecule has 2 rings (SSSR count). The molecule has 2 atom stereocenters. The van der Waals surface area contributed by atoms with Crippen LogP contribution in [-0.2, 0) is 0 Å². The van der Waals surface area contributed by atoms with Crippen molar-refractivity contribution < 1.29 is 0 Å². The third-order valence-electron chi connectivity index (χ3n) is 3.22. The van der Waals surface area contributed by atoms with Gasteiger partial charge in [-0.1, -0.05) is 28.1 Å². The average Bonchev–Trinajstić information content (AvgIpc) is 2.69. The number of benzene rings is 1. The van der Waals surface area contributed by atoms with Crippen LogP contribution in [0.15, 0.2) is 28.7 Å². The van der Waals surface area contributed by atoms with Crippen LogP contribution in [0.1, 0.15) is 47.1 Å². The van der Waals surface area contributed by atoms with E-state index in [-0.39, 0.29) is 6.04 Å². The Hall–Kier alpha value is -0.710. The van der Waals surface area contributed by atoms with Gasteiger partial charge < -0.3 is 5.32 Å². The monoisotopic (exact) mass is 338 g/mol. The topological polar surface area (TPSA) is 24.9 Å². The van der Waals surface area contributed by atoms with Crippen LogP contribution in [0, 0.1) is 13.8 Å². The predicted molar refractivity (Wildman–Crippen MR) is 85.7 cm³/mol. The first-order valence-corrected chi connectivity index (χ1v) is 8.03. The lowest BCUT2D eigenvalue weighted by Crippen LogP contribution is -2.23. The van der Waals surface area contributed by atoms with E-state index in [0.717, 1.165) is 9.48 Å². The van der Waals surface area contributed by atoms with Gasteiger partial charge in [-0.05, 0) is 45.4 Å². The minimum Gasteiger partial charge on any atom is -0.302 e.